The fourth-order valence-electron chi connectivity index (χ4n) is 2.73. The topological polar surface area (TPSA) is 12.9 Å². The average molecular weight is 353 g/mol. The summed E-state index contributed by atoms with van der Waals surface area (Å²) in [5.74, 6) is 0.0575. The Balaban J connectivity index is 1.82. The molecule has 2 aromatic carbocycles. The molecule has 1 heterocycles. The SMILES string of the molecule is CC(/C=C/c1ccccc1)c1ccc(-c2ccccc2C(F)(F)F)cn1. The van der Waals surface area contributed by atoms with E-state index in [2.05, 4.69) is 4.98 Å². The summed E-state index contributed by atoms with van der Waals surface area (Å²) in [4.78, 5) is 4.37. The zero-order valence-corrected chi connectivity index (χ0v) is 14.2. The Hall–Kier alpha value is -2.88. The van der Waals surface area contributed by atoms with Crippen molar-refractivity contribution in [1.29, 1.82) is 0 Å². The van der Waals surface area contributed by atoms with Crippen LogP contribution in [0.1, 0.15) is 29.7 Å². The third kappa shape index (κ3) is 4.20. The Bertz CT molecular complexity index is 881. The monoisotopic (exact) mass is 353 g/mol. The van der Waals surface area contributed by atoms with E-state index >= 15 is 0 Å². The molecule has 1 aromatic heterocycles. The number of aromatic nitrogens is 1. The third-order valence-electron chi connectivity index (χ3n) is 4.17. The fourth-order valence-corrected chi connectivity index (χ4v) is 2.73. The first-order valence-corrected chi connectivity index (χ1v) is 8.31. The number of alkyl halides is 3. The van der Waals surface area contributed by atoms with Crippen LogP contribution in [0.5, 0.6) is 0 Å². The van der Waals surface area contributed by atoms with E-state index < -0.39 is 11.7 Å². The Kier molecular flexibility index (Phi) is 5.21. The largest absolute Gasteiger partial charge is 0.417 e. The van der Waals surface area contributed by atoms with Gasteiger partial charge in [-0.25, -0.2) is 0 Å². The van der Waals surface area contributed by atoms with E-state index in [-0.39, 0.29) is 11.5 Å². The van der Waals surface area contributed by atoms with Crippen molar-refractivity contribution in [3.63, 3.8) is 0 Å². The standard InChI is InChI=1S/C22H18F3N/c1-16(11-12-17-7-3-2-4-8-17)21-14-13-18(15-26-21)19-9-5-6-10-20(19)22(23,24)25/h2-16H,1H3/b12-11+. The summed E-state index contributed by atoms with van der Waals surface area (Å²) in [7, 11) is 0. The first-order valence-electron chi connectivity index (χ1n) is 8.31. The predicted molar refractivity (Wildman–Crippen MR) is 98.6 cm³/mol. The van der Waals surface area contributed by atoms with Gasteiger partial charge < -0.3 is 0 Å². The highest BCUT2D eigenvalue weighted by atomic mass is 19.4. The number of halogens is 3. The van der Waals surface area contributed by atoms with Crippen molar-refractivity contribution in [2.24, 2.45) is 0 Å². The lowest BCUT2D eigenvalue weighted by Gasteiger charge is -2.13. The number of nitrogens with zero attached hydrogens (tertiary/aromatic N) is 1. The molecule has 0 saturated heterocycles. The van der Waals surface area contributed by atoms with Crippen LogP contribution in [0.3, 0.4) is 0 Å². The lowest BCUT2D eigenvalue weighted by Crippen LogP contribution is -2.07. The predicted octanol–water partition coefficient (Wildman–Crippen LogP) is 6.58. The zero-order chi connectivity index (χ0) is 18.6. The molecule has 0 aliphatic heterocycles. The lowest BCUT2D eigenvalue weighted by molar-refractivity contribution is -0.137. The van der Waals surface area contributed by atoms with Crippen molar-refractivity contribution in [1.82, 2.24) is 4.98 Å². The number of pyridine rings is 1. The summed E-state index contributed by atoms with van der Waals surface area (Å²) in [5.41, 5.74) is 1.86. The van der Waals surface area contributed by atoms with E-state index in [4.69, 9.17) is 0 Å². The number of allylic oxidation sites excluding steroid dienone is 1. The van der Waals surface area contributed by atoms with Crippen LogP contribution in [0.25, 0.3) is 17.2 Å². The van der Waals surface area contributed by atoms with Crippen LogP contribution in [-0.4, -0.2) is 4.98 Å². The molecular formula is C22H18F3N. The van der Waals surface area contributed by atoms with E-state index in [0.29, 0.717) is 5.56 Å². The molecular weight excluding hydrogens is 335 g/mol. The molecule has 0 aliphatic rings. The highest BCUT2D eigenvalue weighted by molar-refractivity contribution is 5.67. The minimum Gasteiger partial charge on any atom is -0.260 e. The van der Waals surface area contributed by atoms with Gasteiger partial charge in [0, 0.05) is 23.4 Å². The molecule has 0 bridgehead atoms. The fraction of sp³-hybridized carbons (Fsp3) is 0.136. The number of hydrogen-bond donors (Lipinski definition) is 0. The molecule has 4 heteroatoms. The van der Waals surface area contributed by atoms with Gasteiger partial charge >= 0.3 is 6.18 Å². The van der Waals surface area contributed by atoms with Gasteiger partial charge in [-0.1, -0.05) is 73.7 Å². The smallest absolute Gasteiger partial charge is 0.260 e. The van der Waals surface area contributed by atoms with Gasteiger partial charge in [0.15, 0.2) is 0 Å². The van der Waals surface area contributed by atoms with Crippen LogP contribution in [-0.2, 0) is 6.18 Å². The molecule has 1 nitrogen and oxygen atoms in total. The van der Waals surface area contributed by atoms with Gasteiger partial charge in [0.05, 0.1) is 5.56 Å². The summed E-state index contributed by atoms with van der Waals surface area (Å²) in [5, 5.41) is 0. The van der Waals surface area contributed by atoms with Gasteiger partial charge in [-0.05, 0) is 23.3 Å². The van der Waals surface area contributed by atoms with Crippen LogP contribution < -0.4 is 0 Å². The molecule has 132 valence electrons. The first-order chi connectivity index (χ1) is 12.4. The summed E-state index contributed by atoms with van der Waals surface area (Å²) in [6, 6.07) is 18.9. The van der Waals surface area contributed by atoms with Gasteiger partial charge in [-0.15, -0.1) is 0 Å². The molecule has 3 aromatic rings. The van der Waals surface area contributed by atoms with Gasteiger partial charge in [-0.3, -0.25) is 4.98 Å². The van der Waals surface area contributed by atoms with Crippen molar-refractivity contribution in [3.05, 3.63) is 95.8 Å². The summed E-state index contributed by atoms with van der Waals surface area (Å²) >= 11 is 0. The average Bonchev–Trinajstić information content (AvgIpc) is 2.66. The Labute approximate surface area is 150 Å². The third-order valence-corrected chi connectivity index (χ3v) is 4.17. The summed E-state index contributed by atoms with van der Waals surface area (Å²) < 4.78 is 39.5. The highest BCUT2D eigenvalue weighted by Gasteiger charge is 2.33. The van der Waals surface area contributed by atoms with Crippen molar-refractivity contribution >= 4 is 6.08 Å². The van der Waals surface area contributed by atoms with Gasteiger partial charge in [0.2, 0.25) is 0 Å². The van der Waals surface area contributed by atoms with Crippen LogP contribution in [0.2, 0.25) is 0 Å². The summed E-state index contributed by atoms with van der Waals surface area (Å²) in [6.07, 6.45) is 1.16. The molecule has 1 unspecified atom stereocenters. The molecule has 26 heavy (non-hydrogen) atoms. The number of benzene rings is 2. The normalized spacial score (nSPS) is 13.1. The molecule has 0 N–H and O–H groups in total. The van der Waals surface area contributed by atoms with Crippen LogP contribution in [0.4, 0.5) is 13.2 Å². The van der Waals surface area contributed by atoms with Crippen LogP contribution in [0.15, 0.2) is 79.0 Å². The second-order valence-electron chi connectivity index (χ2n) is 6.07. The molecule has 0 aliphatic carbocycles. The maximum atomic E-state index is 13.2. The molecule has 1 atom stereocenters. The van der Waals surface area contributed by atoms with E-state index in [1.54, 1.807) is 18.2 Å². The quantitative estimate of drug-likeness (QED) is 0.516. The van der Waals surface area contributed by atoms with Gasteiger partial charge in [0.25, 0.3) is 0 Å². The lowest BCUT2D eigenvalue weighted by atomic mass is 9.99. The first kappa shape index (κ1) is 17.9. The molecule has 0 radical (unpaired) electrons. The van der Waals surface area contributed by atoms with Crippen LogP contribution in [0, 0.1) is 0 Å². The minimum absolute atomic E-state index is 0.0575. The molecule has 0 amide bonds. The maximum absolute atomic E-state index is 13.2. The highest BCUT2D eigenvalue weighted by Crippen LogP contribution is 2.36. The Morgan fingerprint density at radius 2 is 1.58 bits per heavy atom. The second kappa shape index (κ2) is 7.56. The van der Waals surface area contributed by atoms with Crippen molar-refractivity contribution < 1.29 is 13.2 Å². The minimum atomic E-state index is -4.39. The molecule has 3 rings (SSSR count). The Morgan fingerprint density at radius 1 is 0.885 bits per heavy atom. The second-order valence-corrected chi connectivity index (χ2v) is 6.07. The number of hydrogen-bond acceptors (Lipinski definition) is 1. The zero-order valence-electron chi connectivity index (χ0n) is 14.2. The maximum Gasteiger partial charge on any atom is 0.417 e. The van der Waals surface area contributed by atoms with E-state index in [0.717, 1.165) is 17.3 Å². The molecule has 0 spiro atoms. The number of rotatable bonds is 4. The van der Waals surface area contributed by atoms with E-state index in [1.807, 2.05) is 49.4 Å². The van der Waals surface area contributed by atoms with Crippen molar-refractivity contribution in [2.75, 3.05) is 0 Å². The van der Waals surface area contributed by atoms with E-state index in [1.165, 1.54) is 18.3 Å². The van der Waals surface area contributed by atoms with Crippen LogP contribution >= 0.6 is 0 Å². The molecule has 0 fully saturated rings. The Morgan fingerprint density at radius 3 is 2.23 bits per heavy atom. The van der Waals surface area contributed by atoms with Crippen molar-refractivity contribution in [3.8, 4) is 11.1 Å². The van der Waals surface area contributed by atoms with Gasteiger partial charge in [0.1, 0.15) is 0 Å². The summed E-state index contributed by atoms with van der Waals surface area (Å²) in [6.45, 7) is 2.01. The van der Waals surface area contributed by atoms with Gasteiger partial charge in [-0.2, -0.15) is 13.2 Å². The molecule has 0 saturated carbocycles. The van der Waals surface area contributed by atoms with E-state index in [9.17, 15) is 13.2 Å². The van der Waals surface area contributed by atoms with Crippen molar-refractivity contribution in [2.45, 2.75) is 19.0 Å².